The Bertz CT molecular complexity index is 729. The summed E-state index contributed by atoms with van der Waals surface area (Å²) in [5.74, 6) is 0. The Balaban J connectivity index is 1.77. The number of fused-ring (bicyclic) bond motifs is 1. The van der Waals surface area contributed by atoms with E-state index in [1.54, 1.807) is 11.3 Å². The zero-order valence-corrected chi connectivity index (χ0v) is 11.3. The molecule has 1 atom stereocenters. The molecule has 0 aliphatic carbocycles. The summed E-state index contributed by atoms with van der Waals surface area (Å²) < 4.78 is 0. The van der Waals surface area contributed by atoms with Gasteiger partial charge in [0.05, 0.1) is 11.0 Å². The van der Waals surface area contributed by atoms with Crippen molar-refractivity contribution in [3.05, 3.63) is 50.8 Å². The first-order valence-corrected chi connectivity index (χ1v) is 6.94. The van der Waals surface area contributed by atoms with E-state index in [0.717, 1.165) is 28.1 Å². The van der Waals surface area contributed by atoms with Gasteiger partial charge < -0.3 is 15.3 Å². The third kappa shape index (κ3) is 2.59. The minimum Gasteiger partial charge on any atom is -0.306 e. The van der Waals surface area contributed by atoms with Gasteiger partial charge in [0.2, 0.25) is 0 Å². The second-order valence-corrected chi connectivity index (χ2v) is 5.39. The van der Waals surface area contributed by atoms with Crippen LogP contribution < -0.4 is 11.0 Å². The second-order valence-electron chi connectivity index (χ2n) is 4.41. The fourth-order valence-electron chi connectivity index (χ4n) is 2.02. The van der Waals surface area contributed by atoms with E-state index < -0.39 is 0 Å². The van der Waals surface area contributed by atoms with Crippen molar-refractivity contribution < 1.29 is 0 Å². The minimum absolute atomic E-state index is 0.171. The Morgan fingerprint density at radius 1 is 1.37 bits per heavy atom. The number of benzene rings is 1. The standard InChI is InChI=1S/C13H14N4OS/c1-8(15-7-12-14-4-5-19-12)9-2-3-10-11(6-9)17-13(18)16-10/h2-6,8,15H,7H2,1H3,(H2,16,17,18). The molecule has 19 heavy (non-hydrogen) atoms. The largest absolute Gasteiger partial charge is 0.323 e. The van der Waals surface area contributed by atoms with Gasteiger partial charge in [-0.15, -0.1) is 11.3 Å². The van der Waals surface area contributed by atoms with E-state index in [4.69, 9.17) is 0 Å². The number of imidazole rings is 1. The van der Waals surface area contributed by atoms with Crippen molar-refractivity contribution in [1.29, 1.82) is 0 Å². The second kappa shape index (κ2) is 4.99. The van der Waals surface area contributed by atoms with Gasteiger partial charge in [0.25, 0.3) is 0 Å². The van der Waals surface area contributed by atoms with E-state index in [1.807, 2.05) is 29.8 Å². The minimum atomic E-state index is -0.171. The monoisotopic (exact) mass is 274 g/mol. The summed E-state index contributed by atoms with van der Waals surface area (Å²) in [4.78, 5) is 21.0. The number of nitrogens with one attached hydrogen (secondary N) is 3. The SMILES string of the molecule is CC(NCc1nccs1)c1ccc2[nH]c(=O)[nH]c2c1. The van der Waals surface area contributed by atoms with Gasteiger partial charge in [0.1, 0.15) is 5.01 Å². The zero-order chi connectivity index (χ0) is 13.2. The van der Waals surface area contributed by atoms with Gasteiger partial charge in [0, 0.05) is 24.2 Å². The lowest BCUT2D eigenvalue weighted by Crippen LogP contribution is -2.17. The van der Waals surface area contributed by atoms with Crippen molar-refractivity contribution in [2.75, 3.05) is 0 Å². The number of thiazole rings is 1. The average Bonchev–Trinajstić information content (AvgIpc) is 3.02. The fourth-order valence-corrected chi connectivity index (χ4v) is 2.59. The zero-order valence-electron chi connectivity index (χ0n) is 10.4. The summed E-state index contributed by atoms with van der Waals surface area (Å²) in [6.07, 6.45) is 1.81. The van der Waals surface area contributed by atoms with Gasteiger partial charge in [0.15, 0.2) is 0 Å². The third-order valence-corrected chi connectivity index (χ3v) is 3.86. The van der Waals surface area contributed by atoms with E-state index in [-0.39, 0.29) is 11.7 Å². The maximum Gasteiger partial charge on any atom is 0.323 e. The molecule has 1 unspecified atom stereocenters. The van der Waals surface area contributed by atoms with Gasteiger partial charge in [-0.1, -0.05) is 6.07 Å². The summed E-state index contributed by atoms with van der Waals surface area (Å²) in [6.45, 7) is 2.85. The van der Waals surface area contributed by atoms with Crippen LogP contribution in [0, 0.1) is 0 Å². The van der Waals surface area contributed by atoms with Crippen LogP contribution in [0.5, 0.6) is 0 Å². The number of aromatic nitrogens is 3. The molecule has 0 saturated heterocycles. The van der Waals surface area contributed by atoms with E-state index in [0.29, 0.717) is 0 Å². The van der Waals surface area contributed by atoms with Crippen LogP contribution >= 0.6 is 11.3 Å². The molecule has 0 saturated carbocycles. The number of nitrogens with zero attached hydrogens (tertiary/aromatic N) is 1. The molecule has 98 valence electrons. The first-order valence-electron chi connectivity index (χ1n) is 6.06. The molecule has 1 aromatic carbocycles. The van der Waals surface area contributed by atoms with Crippen molar-refractivity contribution in [2.45, 2.75) is 19.5 Å². The lowest BCUT2D eigenvalue weighted by atomic mass is 10.1. The van der Waals surface area contributed by atoms with Gasteiger partial charge in [-0.3, -0.25) is 0 Å². The first kappa shape index (κ1) is 12.1. The van der Waals surface area contributed by atoms with Crippen LogP contribution in [0.1, 0.15) is 23.5 Å². The highest BCUT2D eigenvalue weighted by Gasteiger charge is 2.07. The Morgan fingerprint density at radius 2 is 2.21 bits per heavy atom. The summed E-state index contributed by atoms with van der Waals surface area (Å²) >= 11 is 1.64. The topological polar surface area (TPSA) is 73.6 Å². The van der Waals surface area contributed by atoms with Gasteiger partial charge >= 0.3 is 5.69 Å². The number of aromatic amines is 2. The van der Waals surface area contributed by atoms with E-state index in [9.17, 15) is 4.79 Å². The molecule has 2 heterocycles. The maximum atomic E-state index is 11.2. The Hall–Kier alpha value is -1.92. The maximum absolute atomic E-state index is 11.2. The smallest absolute Gasteiger partial charge is 0.306 e. The van der Waals surface area contributed by atoms with Crippen LogP contribution in [-0.2, 0) is 6.54 Å². The predicted molar refractivity (Wildman–Crippen MR) is 76.3 cm³/mol. The number of rotatable bonds is 4. The Labute approximate surface area is 113 Å². The normalized spacial score (nSPS) is 12.9. The quantitative estimate of drug-likeness (QED) is 0.682. The number of hydrogen-bond donors (Lipinski definition) is 3. The molecule has 3 rings (SSSR count). The molecule has 0 amide bonds. The van der Waals surface area contributed by atoms with Gasteiger partial charge in [-0.2, -0.15) is 0 Å². The number of hydrogen-bond acceptors (Lipinski definition) is 4. The van der Waals surface area contributed by atoms with Crippen LogP contribution in [0.4, 0.5) is 0 Å². The Kier molecular flexibility index (Phi) is 3.18. The van der Waals surface area contributed by atoms with Crippen LogP contribution in [-0.4, -0.2) is 15.0 Å². The molecule has 0 aliphatic heterocycles. The van der Waals surface area contributed by atoms with Crippen molar-refractivity contribution >= 4 is 22.4 Å². The van der Waals surface area contributed by atoms with Crippen molar-refractivity contribution in [1.82, 2.24) is 20.3 Å². The van der Waals surface area contributed by atoms with Crippen LogP contribution in [0.3, 0.4) is 0 Å². The van der Waals surface area contributed by atoms with Crippen LogP contribution in [0.15, 0.2) is 34.6 Å². The molecule has 6 heteroatoms. The molecule has 0 fully saturated rings. The highest BCUT2D eigenvalue weighted by Crippen LogP contribution is 2.17. The van der Waals surface area contributed by atoms with E-state index in [1.165, 1.54) is 0 Å². The summed E-state index contributed by atoms with van der Waals surface area (Å²) in [5, 5.41) is 6.46. The lowest BCUT2D eigenvalue weighted by Gasteiger charge is -2.13. The highest BCUT2D eigenvalue weighted by atomic mass is 32.1. The number of H-pyrrole nitrogens is 2. The molecule has 2 aromatic heterocycles. The fraction of sp³-hybridized carbons (Fsp3) is 0.231. The molecule has 0 spiro atoms. The first-order chi connectivity index (χ1) is 9.22. The lowest BCUT2D eigenvalue weighted by molar-refractivity contribution is 0.573. The molecule has 5 nitrogen and oxygen atoms in total. The molecule has 0 radical (unpaired) electrons. The summed E-state index contributed by atoms with van der Waals surface area (Å²) in [5.41, 5.74) is 2.64. The average molecular weight is 274 g/mol. The molecular weight excluding hydrogens is 260 g/mol. The van der Waals surface area contributed by atoms with Crippen LogP contribution in [0.25, 0.3) is 11.0 Å². The van der Waals surface area contributed by atoms with Gasteiger partial charge in [-0.05, 0) is 24.6 Å². The van der Waals surface area contributed by atoms with Crippen molar-refractivity contribution in [3.63, 3.8) is 0 Å². The third-order valence-electron chi connectivity index (χ3n) is 3.08. The molecular formula is C13H14N4OS. The van der Waals surface area contributed by atoms with E-state index in [2.05, 4.69) is 27.2 Å². The molecule has 3 aromatic rings. The summed E-state index contributed by atoms with van der Waals surface area (Å²) in [6, 6.07) is 6.13. The predicted octanol–water partition coefficient (Wildman–Crippen LogP) is 2.16. The molecule has 0 bridgehead atoms. The van der Waals surface area contributed by atoms with E-state index >= 15 is 0 Å². The van der Waals surface area contributed by atoms with Crippen molar-refractivity contribution in [3.8, 4) is 0 Å². The Morgan fingerprint density at radius 3 is 3.00 bits per heavy atom. The van der Waals surface area contributed by atoms with Crippen LogP contribution in [0.2, 0.25) is 0 Å². The molecule has 0 aliphatic rings. The molecule has 3 N–H and O–H groups in total. The summed E-state index contributed by atoms with van der Waals surface area (Å²) in [7, 11) is 0. The van der Waals surface area contributed by atoms with Crippen molar-refractivity contribution in [2.24, 2.45) is 0 Å². The van der Waals surface area contributed by atoms with Gasteiger partial charge in [-0.25, -0.2) is 9.78 Å². The highest BCUT2D eigenvalue weighted by molar-refractivity contribution is 7.09.